The van der Waals surface area contributed by atoms with E-state index in [0.717, 1.165) is 4.47 Å². The third-order valence-corrected chi connectivity index (χ3v) is 6.24. The van der Waals surface area contributed by atoms with Crippen LogP contribution < -0.4 is 22.1 Å². The molecule has 1 aliphatic rings. The molecule has 1 aliphatic heterocycles. The molecule has 3 amide bonds. The fraction of sp³-hybridized carbons (Fsp3) is 0.522. The van der Waals surface area contributed by atoms with E-state index in [9.17, 15) is 23.6 Å². The van der Waals surface area contributed by atoms with Crippen LogP contribution in [0, 0.1) is 5.92 Å². The van der Waals surface area contributed by atoms with Crippen LogP contribution in [0.15, 0.2) is 33.7 Å². The predicted octanol–water partition coefficient (Wildman–Crippen LogP) is 0.881. The Morgan fingerprint density at radius 3 is 2.34 bits per heavy atom. The lowest BCUT2D eigenvalue weighted by atomic mass is 9.95. The molecule has 10 nitrogen and oxygen atoms in total. The van der Waals surface area contributed by atoms with E-state index in [1.807, 2.05) is 0 Å². The van der Waals surface area contributed by atoms with Crippen molar-refractivity contribution in [2.24, 2.45) is 22.4 Å². The standard InChI is InChI=1S/C23H32BrFN6O4/c1-13(2)19(30-20(33)14-5-7-15(24)8-6-14)22(35)31-11-9-17(31)21(34)29-16(18(32)12-25)4-3-10-28-23(26)27/h5-8,13,16-17,19H,3-4,9-12H2,1-2H3,(H,29,34)(H,30,33)(H4,26,27,28). The van der Waals surface area contributed by atoms with Crippen LogP contribution in [0.4, 0.5) is 4.39 Å². The van der Waals surface area contributed by atoms with Gasteiger partial charge >= 0.3 is 0 Å². The van der Waals surface area contributed by atoms with Crippen molar-refractivity contribution in [3.63, 3.8) is 0 Å². The molecule has 0 spiro atoms. The van der Waals surface area contributed by atoms with Gasteiger partial charge in [0, 0.05) is 23.1 Å². The van der Waals surface area contributed by atoms with Crippen LogP contribution in [0.25, 0.3) is 0 Å². The minimum absolute atomic E-state index is 0.0991. The Morgan fingerprint density at radius 1 is 1.17 bits per heavy atom. The smallest absolute Gasteiger partial charge is 0.251 e. The van der Waals surface area contributed by atoms with Crippen molar-refractivity contribution in [3.8, 4) is 0 Å². The molecule has 0 bridgehead atoms. The van der Waals surface area contributed by atoms with Crippen LogP contribution in [-0.4, -0.2) is 72.3 Å². The highest BCUT2D eigenvalue weighted by Gasteiger charge is 2.42. The number of benzene rings is 1. The molecule has 1 heterocycles. The number of guanidine groups is 1. The average Bonchev–Trinajstić information content (AvgIpc) is 2.77. The molecule has 1 saturated heterocycles. The fourth-order valence-electron chi connectivity index (χ4n) is 3.62. The molecule has 1 aromatic carbocycles. The molecule has 1 fully saturated rings. The number of carbonyl (C=O) groups is 4. The molecule has 2 rings (SSSR count). The predicted molar refractivity (Wildman–Crippen MR) is 133 cm³/mol. The lowest BCUT2D eigenvalue weighted by molar-refractivity contribution is -0.150. The topological polar surface area (TPSA) is 160 Å². The number of hydrogen-bond donors (Lipinski definition) is 4. The van der Waals surface area contributed by atoms with E-state index in [1.165, 1.54) is 4.90 Å². The molecular weight excluding hydrogens is 523 g/mol. The Balaban J connectivity index is 2.03. The number of rotatable bonds is 12. The Bertz CT molecular complexity index is 952. The third kappa shape index (κ3) is 8.01. The first-order chi connectivity index (χ1) is 16.5. The maximum atomic E-state index is 13.2. The monoisotopic (exact) mass is 554 g/mol. The summed E-state index contributed by atoms with van der Waals surface area (Å²) < 4.78 is 13.8. The molecule has 6 N–H and O–H groups in total. The van der Waals surface area contributed by atoms with E-state index in [4.69, 9.17) is 11.5 Å². The highest BCUT2D eigenvalue weighted by atomic mass is 79.9. The molecule has 0 aromatic heterocycles. The van der Waals surface area contributed by atoms with Gasteiger partial charge in [-0.2, -0.15) is 0 Å². The number of carbonyl (C=O) groups excluding carboxylic acids is 4. The second-order valence-electron chi connectivity index (χ2n) is 8.65. The quantitative estimate of drug-likeness (QED) is 0.170. The number of Topliss-reactive ketones (excluding diaryl/α,β-unsaturated/α-hetero) is 1. The molecule has 0 saturated carbocycles. The van der Waals surface area contributed by atoms with Gasteiger partial charge in [-0.05, 0) is 49.4 Å². The number of amides is 3. The van der Waals surface area contributed by atoms with Crippen LogP contribution in [0.1, 0.15) is 43.5 Å². The van der Waals surface area contributed by atoms with Crippen LogP contribution in [-0.2, 0) is 14.4 Å². The van der Waals surface area contributed by atoms with Gasteiger partial charge in [0.25, 0.3) is 5.91 Å². The summed E-state index contributed by atoms with van der Waals surface area (Å²) in [4.78, 5) is 55.9. The number of likely N-dealkylation sites (tertiary alicyclic amines) is 1. The Labute approximate surface area is 212 Å². The Hall–Kier alpha value is -3.02. The largest absolute Gasteiger partial charge is 0.370 e. The van der Waals surface area contributed by atoms with Crippen LogP contribution in [0.5, 0.6) is 0 Å². The normalized spacial score (nSPS) is 16.6. The van der Waals surface area contributed by atoms with E-state index in [-0.39, 0.29) is 24.8 Å². The summed E-state index contributed by atoms with van der Waals surface area (Å²) in [5, 5.41) is 5.32. The number of nitrogens with one attached hydrogen (secondary N) is 2. The van der Waals surface area contributed by atoms with E-state index < -0.39 is 48.3 Å². The van der Waals surface area contributed by atoms with Crippen LogP contribution in [0.3, 0.4) is 0 Å². The van der Waals surface area contributed by atoms with Gasteiger partial charge in [-0.15, -0.1) is 0 Å². The summed E-state index contributed by atoms with van der Waals surface area (Å²) in [5.41, 5.74) is 10.9. The number of hydrogen-bond acceptors (Lipinski definition) is 5. The number of nitrogens with zero attached hydrogens (tertiary/aromatic N) is 2. The number of ketones is 1. The van der Waals surface area contributed by atoms with E-state index in [2.05, 4.69) is 31.6 Å². The SMILES string of the molecule is CC(C)C(NC(=O)c1ccc(Br)cc1)C(=O)N1CCC1C(=O)NC(CCCN=C(N)N)C(=O)CF. The highest BCUT2D eigenvalue weighted by Crippen LogP contribution is 2.22. The van der Waals surface area contributed by atoms with Gasteiger partial charge in [0.1, 0.15) is 18.8 Å². The van der Waals surface area contributed by atoms with Gasteiger partial charge in [-0.3, -0.25) is 24.2 Å². The van der Waals surface area contributed by atoms with Crippen molar-refractivity contribution >= 4 is 45.4 Å². The minimum Gasteiger partial charge on any atom is -0.370 e. The molecule has 0 aliphatic carbocycles. The first-order valence-electron chi connectivity index (χ1n) is 11.4. The summed E-state index contributed by atoms with van der Waals surface area (Å²) in [7, 11) is 0. The van der Waals surface area contributed by atoms with E-state index in [0.29, 0.717) is 24.9 Å². The Morgan fingerprint density at radius 2 is 1.83 bits per heavy atom. The maximum absolute atomic E-state index is 13.2. The molecular formula is C23H32BrFN6O4. The highest BCUT2D eigenvalue weighted by molar-refractivity contribution is 9.10. The zero-order valence-electron chi connectivity index (χ0n) is 19.8. The Kier molecular flexibility index (Phi) is 10.6. The molecule has 192 valence electrons. The lowest BCUT2D eigenvalue weighted by Crippen LogP contribution is -2.64. The van der Waals surface area contributed by atoms with Gasteiger partial charge in [0.15, 0.2) is 11.7 Å². The zero-order valence-corrected chi connectivity index (χ0v) is 21.4. The van der Waals surface area contributed by atoms with Crippen molar-refractivity contribution < 1.29 is 23.6 Å². The molecule has 3 atom stereocenters. The summed E-state index contributed by atoms with van der Waals surface area (Å²) in [6.07, 6.45) is 0.913. The average molecular weight is 555 g/mol. The number of nitrogens with two attached hydrogens (primary N) is 2. The van der Waals surface area contributed by atoms with Gasteiger partial charge in [0.2, 0.25) is 11.8 Å². The van der Waals surface area contributed by atoms with Crippen molar-refractivity contribution in [2.75, 3.05) is 19.8 Å². The summed E-state index contributed by atoms with van der Waals surface area (Å²) in [5.74, 6) is -2.43. The first kappa shape index (κ1) is 28.2. The first-order valence-corrected chi connectivity index (χ1v) is 12.2. The van der Waals surface area contributed by atoms with Crippen LogP contribution >= 0.6 is 15.9 Å². The van der Waals surface area contributed by atoms with Gasteiger partial charge in [-0.25, -0.2) is 4.39 Å². The number of halogens is 2. The fourth-order valence-corrected chi connectivity index (χ4v) is 3.88. The summed E-state index contributed by atoms with van der Waals surface area (Å²) >= 11 is 3.31. The van der Waals surface area contributed by atoms with Crippen molar-refractivity contribution in [2.45, 2.75) is 51.2 Å². The second kappa shape index (κ2) is 13.2. The molecule has 0 radical (unpaired) electrons. The molecule has 1 aromatic rings. The van der Waals surface area contributed by atoms with Gasteiger partial charge in [-0.1, -0.05) is 29.8 Å². The van der Waals surface area contributed by atoms with Crippen LogP contribution in [0.2, 0.25) is 0 Å². The maximum Gasteiger partial charge on any atom is 0.251 e. The van der Waals surface area contributed by atoms with Crippen molar-refractivity contribution in [1.82, 2.24) is 15.5 Å². The van der Waals surface area contributed by atoms with Crippen molar-refractivity contribution in [1.29, 1.82) is 0 Å². The van der Waals surface area contributed by atoms with Crippen molar-refractivity contribution in [3.05, 3.63) is 34.3 Å². The number of aliphatic imine (C=N–C) groups is 1. The molecule has 35 heavy (non-hydrogen) atoms. The lowest BCUT2D eigenvalue weighted by Gasteiger charge is -2.42. The second-order valence-corrected chi connectivity index (χ2v) is 9.56. The van der Waals surface area contributed by atoms with Gasteiger partial charge in [0.05, 0.1) is 6.04 Å². The summed E-state index contributed by atoms with van der Waals surface area (Å²) in [6, 6.07) is 4.03. The third-order valence-electron chi connectivity index (χ3n) is 5.71. The number of alkyl halides is 1. The molecule has 12 heteroatoms. The van der Waals surface area contributed by atoms with E-state index in [1.54, 1.807) is 38.1 Å². The minimum atomic E-state index is -1.22. The van der Waals surface area contributed by atoms with Gasteiger partial charge < -0.3 is 27.0 Å². The zero-order chi connectivity index (χ0) is 26.1. The van der Waals surface area contributed by atoms with E-state index >= 15 is 0 Å². The molecule has 3 unspecified atom stereocenters. The summed E-state index contributed by atoms with van der Waals surface area (Å²) in [6.45, 7) is 2.94.